The highest BCUT2D eigenvalue weighted by Gasteiger charge is 2.72. The van der Waals surface area contributed by atoms with E-state index in [0.29, 0.717) is 0 Å². The van der Waals surface area contributed by atoms with Gasteiger partial charge in [0.05, 0.1) is 6.54 Å². The number of rotatable bonds is 4. The van der Waals surface area contributed by atoms with Gasteiger partial charge in [-0.3, -0.25) is 4.79 Å². The molecule has 1 amide bonds. The first-order chi connectivity index (χ1) is 8.99. The topological polar surface area (TPSA) is 29.1 Å². The number of carbonyl (C=O) groups is 1. The summed E-state index contributed by atoms with van der Waals surface area (Å²) in [7, 11) is 0. The van der Waals surface area contributed by atoms with Crippen LogP contribution < -0.4 is 5.32 Å². The van der Waals surface area contributed by atoms with E-state index < -0.39 is 30.5 Å². The molecule has 0 atom stereocenters. The van der Waals surface area contributed by atoms with Crippen molar-refractivity contribution in [1.29, 1.82) is 0 Å². The van der Waals surface area contributed by atoms with E-state index in [-0.39, 0.29) is 5.56 Å². The molecule has 0 heterocycles. The van der Waals surface area contributed by atoms with E-state index in [1.165, 1.54) is 35.6 Å². The van der Waals surface area contributed by atoms with Crippen LogP contribution in [0.4, 0.5) is 30.7 Å². The molecule has 0 aliphatic heterocycles. The van der Waals surface area contributed by atoms with Crippen molar-refractivity contribution in [2.45, 2.75) is 18.0 Å². The third-order valence-corrected chi connectivity index (χ3v) is 2.32. The number of benzene rings is 1. The summed E-state index contributed by atoms with van der Waals surface area (Å²) in [6.07, 6.45) is -6.41. The van der Waals surface area contributed by atoms with Crippen LogP contribution in [0.1, 0.15) is 10.4 Å². The van der Waals surface area contributed by atoms with Crippen molar-refractivity contribution >= 4 is 5.91 Å². The molecule has 1 aromatic carbocycles. The van der Waals surface area contributed by atoms with Crippen LogP contribution in [0, 0.1) is 0 Å². The Hall–Kier alpha value is -1.80. The fourth-order valence-corrected chi connectivity index (χ4v) is 1.20. The summed E-state index contributed by atoms with van der Waals surface area (Å²) >= 11 is 0. The minimum absolute atomic E-state index is 0.140. The highest BCUT2D eigenvalue weighted by Crippen LogP contribution is 2.46. The maximum absolute atomic E-state index is 12.9. The summed E-state index contributed by atoms with van der Waals surface area (Å²) in [6, 6.07) is 6.63. The van der Waals surface area contributed by atoms with Crippen molar-refractivity contribution in [3.63, 3.8) is 0 Å². The maximum Gasteiger partial charge on any atom is 0.459 e. The van der Waals surface area contributed by atoms with Crippen molar-refractivity contribution in [2.75, 3.05) is 6.54 Å². The third kappa shape index (κ3) is 3.20. The van der Waals surface area contributed by atoms with Gasteiger partial charge in [-0.2, -0.15) is 30.7 Å². The summed E-state index contributed by atoms with van der Waals surface area (Å²) in [5, 5.41) is 1.35. The highest BCUT2D eigenvalue weighted by molar-refractivity contribution is 5.94. The molecule has 0 unspecified atom stereocenters. The minimum Gasteiger partial charge on any atom is -0.346 e. The average molecular weight is 303 g/mol. The molecular weight excluding hydrogens is 295 g/mol. The molecule has 0 radical (unpaired) electrons. The molecule has 0 bridgehead atoms. The molecule has 9 heteroatoms. The van der Waals surface area contributed by atoms with Crippen LogP contribution in [0.3, 0.4) is 0 Å². The smallest absolute Gasteiger partial charge is 0.346 e. The van der Waals surface area contributed by atoms with E-state index in [1.54, 1.807) is 0 Å². The first-order valence-electron chi connectivity index (χ1n) is 5.14. The predicted molar refractivity (Wildman–Crippen MR) is 54.7 cm³/mol. The normalized spacial score (nSPS) is 13.2. The van der Waals surface area contributed by atoms with Gasteiger partial charge in [0.25, 0.3) is 5.91 Å². The van der Waals surface area contributed by atoms with Crippen molar-refractivity contribution in [2.24, 2.45) is 0 Å². The number of hydrogen-bond donors (Lipinski definition) is 1. The molecule has 0 fully saturated rings. The molecule has 0 aliphatic carbocycles. The largest absolute Gasteiger partial charge is 0.459 e. The number of halogens is 7. The molecule has 112 valence electrons. The summed E-state index contributed by atoms with van der Waals surface area (Å²) in [4.78, 5) is 11.3. The summed E-state index contributed by atoms with van der Waals surface area (Å²) in [5.74, 6) is -12.9. The summed E-state index contributed by atoms with van der Waals surface area (Å²) in [5.41, 5.74) is -0.140. The fourth-order valence-electron chi connectivity index (χ4n) is 1.20. The van der Waals surface area contributed by atoms with Gasteiger partial charge in [0.1, 0.15) is 0 Å². The Balaban J connectivity index is 2.76. The van der Waals surface area contributed by atoms with E-state index in [4.69, 9.17) is 0 Å². The lowest BCUT2D eigenvalue weighted by Gasteiger charge is -2.28. The fraction of sp³-hybridized carbons (Fsp3) is 0.364. The molecule has 1 aromatic rings. The van der Waals surface area contributed by atoms with E-state index in [1.807, 2.05) is 0 Å². The minimum atomic E-state index is -6.41. The zero-order valence-corrected chi connectivity index (χ0v) is 9.65. The zero-order chi connectivity index (χ0) is 15.6. The Bertz CT molecular complexity index is 469. The van der Waals surface area contributed by atoms with Crippen LogP contribution in [-0.2, 0) is 0 Å². The first kappa shape index (κ1) is 16.3. The second kappa shape index (κ2) is 5.29. The second-order valence-electron chi connectivity index (χ2n) is 3.83. The molecule has 20 heavy (non-hydrogen) atoms. The Morgan fingerprint density at radius 3 is 1.90 bits per heavy atom. The standard InChI is InChI=1S/C11H8F7NO/c12-9(13,10(14,15)11(16,17)18)6-19-8(20)7-4-2-1-3-5-7/h1-5H,6H2,(H,19,20). The number of alkyl halides is 7. The molecule has 1 N–H and O–H groups in total. The van der Waals surface area contributed by atoms with Crippen LogP contribution >= 0.6 is 0 Å². The van der Waals surface area contributed by atoms with E-state index in [9.17, 15) is 35.5 Å². The Morgan fingerprint density at radius 1 is 0.950 bits per heavy atom. The average Bonchev–Trinajstić information content (AvgIpc) is 2.35. The molecule has 0 aliphatic rings. The van der Waals surface area contributed by atoms with Crippen molar-refractivity contribution < 1.29 is 35.5 Å². The molecule has 0 aromatic heterocycles. The van der Waals surface area contributed by atoms with Crippen LogP contribution in [-0.4, -0.2) is 30.5 Å². The van der Waals surface area contributed by atoms with Crippen LogP contribution in [0.15, 0.2) is 30.3 Å². The van der Waals surface area contributed by atoms with Gasteiger partial charge < -0.3 is 5.32 Å². The second-order valence-corrected chi connectivity index (χ2v) is 3.83. The highest BCUT2D eigenvalue weighted by atomic mass is 19.4. The first-order valence-corrected chi connectivity index (χ1v) is 5.14. The Morgan fingerprint density at radius 2 is 1.45 bits per heavy atom. The van der Waals surface area contributed by atoms with Gasteiger partial charge in [-0.15, -0.1) is 0 Å². The maximum atomic E-state index is 12.9. The quantitative estimate of drug-likeness (QED) is 0.850. The molecule has 1 rings (SSSR count). The molecule has 0 saturated carbocycles. The SMILES string of the molecule is O=C(NCC(F)(F)C(F)(F)C(F)(F)F)c1ccccc1. The van der Waals surface area contributed by atoms with Gasteiger partial charge >= 0.3 is 18.0 Å². The van der Waals surface area contributed by atoms with Crippen molar-refractivity contribution in [3.8, 4) is 0 Å². The van der Waals surface area contributed by atoms with Gasteiger partial charge in [-0.05, 0) is 12.1 Å². The third-order valence-electron chi connectivity index (χ3n) is 2.32. The Labute approximate surface area is 108 Å². The number of amides is 1. The molecular formula is C11H8F7NO. The molecule has 0 spiro atoms. The lowest BCUT2D eigenvalue weighted by atomic mass is 10.1. The zero-order valence-electron chi connectivity index (χ0n) is 9.65. The summed E-state index contributed by atoms with van der Waals surface area (Å²) in [6.45, 7) is -2.13. The van der Waals surface area contributed by atoms with Crippen LogP contribution in [0.2, 0.25) is 0 Å². The summed E-state index contributed by atoms with van der Waals surface area (Å²) < 4.78 is 86.3. The van der Waals surface area contributed by atoms with Gasteiger partial charge in [0, 0.05) is 5.56 Å². The van der Waals surface area contributed by atoms with Crippen LogP contribution in [0.25, 0.3) is 0 Å². The van der Waals surface area contributed by atoms with Gasteiger partial charge in [-0.1, -0.05) is 18.2 Å². The van der Waals surface area contributed by atoms with Gasteiger partial charge in [-0.25, -0.2) is 0 Å². The lowest BCUT2D eigenvalue weighted by molar-refractivity contribution is -0.352. The molecule has 0 saturated heterocycles. The number of carbonyl (C=O) groups excluding carboxylic acids is 1. The number of hydrogen-bond acceptors (Lipinski definition) is 1. The van der Waals surface area contributed by atoms with Crippen molar-refractivity contribution in [1.82, 2.24) is 5.32 Å². The lowest BCUT2D eigenvalue weighted by Crippen LogP contribution is -2.56. The predicted octanol–water partition coefficient (Wildman–Crippen LogP) is 3.25. The van der Waals surface area contributed by atoms with Crippen LogP contribution in [0.5, 0.6) is 0 Å². The van der Waals surface area contributed by atoms with Crippen molar-refractivity contribution in [3.05, 3.63) is 35.9 Å². The molecule has 2 nitrogen and oxygen atoms in total. The van der Waals surface area contributed by atoms with E-state index in [0.717, 1.165) is 0 Å². The van der Waals surface area contributed by atoms with E-state index in [2.05, 4.69) is 0 Å². The van der Waals surface area contributed by atoms with E-state index >= 15 is 0 Å². The van der Waals surface area contributed by atoms with Gasteiger partial charge in [0.2, 0.25) is 0 Å². The Kier molecular flexibility index (Phi) is 4.30. The van der Waals surface area contributed by atoms with Gasteiger partial charge in [0.15, 0.2) is 0 Å². The number of nitrogens with one attached hydrogen (secondary N) is 1. The monoisotopic (exact) mass is 303 g/mol.